The molecule has 2 fully saturated rings. The predicted molar refractivity (Wildman–Crippen MR) is 96.8 cm³/mol. The lowest BCUT2D eigenvalue weighted by Gasteiger charge is -2.35. The van der Waals surface area contributed by atoms with Crippen LogP contribution in [-0.2, 0) is 10.0 Å². The molecule has 0 unspecified atom stereocenters. The molecule has 0 aromatic heterocycles. The summed E-state index contributed by atoms with van der Waals surface area (Å²) >= 11 is 0. The number of nitrogens with one attached hydrogen (secondary N) is 1. The number of hydrogen-bond donors (Lipinski definition) is 1. The molecule has 2 aliphatic rings. The van der Waals surface area contributed by atoms with Crippen molar-refractivity contribution in [2.45, 2.75) is 0 Å². The van der Waals surface area contributed by atoms with E-state index in [-0.39, 0.29) is 10.6 Å². The van der Waals surface area contributed by atoms with E-state index in [2.05, 4.69) is 10.2 Å². The summed E-state index contributed by atoms with van der Waals surface area (Å²) in [5.74, 6) is 0. The van der Waals surface area contributed by atoms with E-state index in [1.54, 1.807) is 12.1 Å². The molecule has 0 atom stereocenters. The topological polar surface area (TPSA) is 99.0 Å². The fraction of sp³-hybridized carbons (Fsp3) is 0.600. The molecular weight excluding hydrogens is 346 g/mol. The van der Waals surface area contributed by atoms with Gasteiger partial charge in [0.15, 0.2) is 0 Å². The average molecular weight is 369 g/mol. The normalized spacial score (nSPS) is 19.9. The van der Waals surface area contributed by atoms with Crippen LogP contribution >= 0.6 is 0 Å². The molecule has 0 radical (unpaired) electrons. The fourth-order valence-electron chi connectivity index (χ4n) is 3.30. The largest absolute Gasteiger partial charge is 0.369 e. The molecule has 9 nitrogen and oxygen atoms in total. The lowest BCUT2D eigenvalue weighted by Crippen LogP contribution is -2.48. The van der Waals surface area contributed by atoms with Crippen LogP contribution in [0.2, 0.25) is 0 Å². The van der Waals surface area contributed by atoms with Gasteiger partial charge in [-0.1, -0.05) is 0 Å². The van der Waals surface area contributed by atoms with Gasteiger partial charge in [-0.2, -0.15) is 4.31 Å². The van der Waals surface area contributed by atoms with Crippen molar-refractivity contribution in [2.75, 3.05) is 68.4 Å². The second kappa shape index (κ2) is 7.14. The number of nitro groups is 1. The third kappa shape index (κ3) is 4.02. The van der Waals surface area contributed by atoms with E-state index in [4.69, 9.17) is 0 Å². The average Bonchev–Trinajstić information content (AvgIpc) is 2.61. The highest BCUT2D eigenvalue weighted by Crippen LogP contribution is 2.33. The highest BCUT2D eigenvalue weighted by Gasteiger charge is 2.28. The SMILES string of the molecule is CS(=O)(=O)N1CCN(c2cc(N3CCNCC3)ccc2[N+](=O)[O-])CC1. The Labute approximate surface area is 147 Å². The van der Waals surface area contributed by atoms with E-state index < -0.39 is 10.0 Å². The summed E-state index contributed by atoms with van der Waals surface area (Å²) in [5, 5.41) is 14.7. The Kier molecular flexibility index (Phi) is 5.11. The maximum atomic E-state index is 11.7. The number of benzene rings is 1. The van der Waals surface area contributed by atoms with Gasteiger partial charge in [0, 0.05) is 64.1 Å². The highest BCUT2D eigenvalue weighted by molar-refractivity contribution is 7.88. The van der Waals surface area contributed by atoms with Gasteiger partial charge in [-0.3, -0.25) is 10.1 Å². The lowest BCUT2D eigenvalue weighted by atomic mass is 10.1. The van der Waals surface area contributed by atoms with Crippen molar-refractivity contribution in [3.63, 3.8) is 0 Å². The Morgan fingerprint density at radius 1 is 1.04 bits per heavy atom. The van der Waals surface area contributed by atoms with E-state index in [0.717, 1.165) is 31.9 Å². The first-order valence-corrected chi connectivity index (χ1v) is 10.2. The van der Waals surface area contributed by atoms with Crippen LogP contribution in [0.1, 0.15) is 0 Å². The van der Waals surface area contributed by atoms with E-state index in [9.17, 15) is 18.5 Å². The quantitative estimate of drug-likeness (QED) is 0.593. The first-order chi connectivity index (χ1) is 11.9. The molecule has 0 amide bonds. The Hall–Kier alpha value is -1.91. The van der Waals surface area contributed by atoms with E-state index >= 15 is 0 Å². The van der Waals surface area contributed by atoms with Crippen LogP contribution in [0.5, 0.6) is 0 Å². The van der Waals surface area contributed by atoms with E-state index in [1.807, 2.05) is 11.0 Å². The predicted octanol–water partition coefficient (Wildman–Crippen LogP) is 0.0860. The van der Waals surface area contributed by atoms with Gasteiger partial charge in [-0.15, -0.1) is 0 Å². The minimum Gasteiger partial charge on any atom is -0.369 e. The molecule has 2 heterocycles. The van der Waals surface area contributed by atoms with Gasteiger partial charge in [-0.05, 0) is 12.1 Å². The van der Waals surface area contributed by atoms with E-state index in [1.165, 1.54) is 10.6 Å². The molecule has 2 aliphatic heterocycles. The second-order valence-corrected chi connectivity index (χ2v) is 8.30. The zero-order valence-corrected chi connectivity index (χ0v) is 15.0. The van der Waals surface area contributed by atoms with Crippen LogP contribution in [-0.4, -0.2) is 76.3 Å². The molecule has 10 heteroatoms. The first kappa shape index (κ1) is 17.9. The minimum atomic E-state index is -3.23. The number of nitrogens with zero attached hydrogens (tertiary/aromatic N) is 4. The number of nitro benzene ring substituents is 1. The Bertz CT molecular complexity index is 740. The van der Waals surface area contributed by atoms with Gasteiger partial charge in [0.05, 0.1) is 11.2 Å². The Balaban J connectivity index is 1.84. The van der Waals surface area contributed by atoms with Crippen molar-refractivity contribution in [1.82, 2.24) is 9.62 Å². The van der Waals surface area contributed by atoms with Crippen molar-refractivity contribution in [2.24, 2.45) is 0 Å². The molecular formula is C15H23N5O4S. The van der Waals surface area contributed by atoms with Crippen LogP contribution in [0.3, 0.4) is 0 Å². The molecule has 1 N–H and O–H groups in total. The molecule has 25 heavy (non-hydrogen) atoms. The van der Waals surface area contributed by atoms with Gasteiger partial charge < -0.3 is 15.1 Å². The molecule has 0 spiro atoms. The lowest BCUT2D eigenvalue weighted by molar-refractivity contribution is -0.384. The van der Waals surface area contributed by atoms with Crippen LogP contribution in [0, 0.1) is 10.1 Å². The number of hydrogen-bond acceptors (Lipinski definition) is 7. The summed E-state index contributed by atoms with van der Waals surface area (Å²) in [6, 6.07) is 5.20. The summed E-state index contributed by atoms with van der Waals surface area (Å²) in [7, 11) is -3.23. The highest BCUT2D eigenvalue weighted by atomic mass is 32.2. The molecule has 1 aromatic rings. The van der Waals surface area contributed by atoms with Crippen molar-refractivity contribution < 1.29 is 13.3 Å². The second-order valence-electron chi connectivity index (χ2n) is 6.32. The summed E-state index contributed by atoms with van der Waals surface area (Å²) in [6.45, 7) is 5.07. The van der Waals surface area contributed by atoms with Crippen molar-refractivity contribution >= 4 is 27.1 Å². The van der Waals surface area contributed by atoms with Gasteiger partial charge >= 0.3 is 0 Å². The Morgan fingerprint density at radius 2 is 1.68 bits per heavy atom. The summed E-state index contributed by atoms with van der Waals surface area (Å²) in [4.78, 5) is 15.2. The van der Waals surface area contributed by atoms with Gasteiger partial charge in [-0.25, -0.2) is 8.42 Å². The van der Waals surface area contributed by atoms with Crippen LogP contribution in [0.25, 0.3) is 0 Å². The van der Waals surface area contributed by atoms with Crippen molar-refractivity contribution in [3.05, 3.63) is 28.3 Å². The number of rotatable bonds is 4. The number of sulfonamides is 1. The first-order valence-electron chi connectivity index (χ1n) is 8.30. The summed E-state index contributed by atoms with van der Waals surface area (Å²) in [6.07, 6.45) is 1.19. The molecule has 1 aromatic carbocycles. The van der Waals surface area contributed by atoms with Crippen LogP contribution in [0.15, 0.2) is 18.2 Å². The monoisotopic (exact) mass is 369 g/mol. The summed E-state index contributed by atoms with van der Waals surface area (Å²) in [5.41, 5.74) is 1.59. The van der Waals surface area contributed by atoms with Crippen molar-refractivity contribution in [3.8, 4) is 0 Å². The number of piperazine rings is 2. The maximum Gasteiger partial charge on any atom is 0.292 e. The van der Waals surface area contributed by atoms with E-state index in [0.29, 0.717) is 31.9 Å². The van der Waals surface area contributed by atoms with Gasteiger partial charge in [0.1, 0.15) is 5.69 Å². The smallest absolute Gasteiger partial charge is 0.292 e. The van der Waals surface area contributed by atoms with Crippen LogP contribution in [0.4, 0.5) is 17.1 Å². The molecule has 2 saturated heterocycles. The third-order valence-electron chi connectivity index (χ3n) is 4.69. The van der Waals surface area contributed by atoms with Gasteiger partial charge in [0.25, 0.3) is 5.69 Å². The van der Waals surface area contributed by atoms with Crippen molar-refractivity contribution in [1.29, 1.82) is 0 Å². The Morgan fingerprint density at radius 3 is 2.24 bits per heavy atom. The molecule has 138 valence electrons. The zero-order chi connectivity index (χ0) is 18.0. The molecule has 0 bridgehead atoms. The molecule has 0 saturated carbocycles. The fourth-order valence-corrected chi connectivity index (χ4v) is 4.13. The number of anilines is 2. The minimum absolute atomic E-state index is 0.0618. The third-order valence-corrected chi connectivity index (χ3v) is 5.99. The van der Waals surface area contributed by atoms with Gasteiger partial charge in [0.2, 0.25) is 10.0 Å². The van der Waals surface area contributed by atoms with Crippen LogP contribution < -0.4 is 15.1 Å². The molecule has 0 aliphatic carbocycles. The maximum absolute atomic E-state index is 11.7. The zero-order valence-electron chi connectivity index (χ0n) is 14.2. The summed E-state index contributed by atoms with van der Waals surface area (Å²) < 4.78 is 24.7. The standard InChI is InChI=1S/C15H23N5O4S/c1-25(23,24)19-10-8-18(9-11-19)15-12-13(2-3-14(15)20(21)22)17-6-4-16-5-7-17/h2-3,12,16H,4-11H2,1H3. The molecule has 3 rings (SSSR count).